The second kappa shape index (κ2) is 7.56. The van der Waals surface area contributed by atoms with Crippen LogP contribution >= 0.6 is 11.6 Å². The number of carbonyl (C=O) groups is 2. The third-order valence-electron chi connectivity index (χ3n) is 5.06. The van der Waals surface area contributed by atoms with Gasteiger partial charge in [0.25, 0.3) is 0 Å². The number of nitrogens with one attached hydrogen (secondary N) is 3. The van der Waals surface area contributed by atoms with Crippen LogP contribution in [0, 0.1) is 11.8 Å². The molecule has 1 aliphatic heterocycles. The van der Waals surface area contributed by atoms with Gasteiger partial charge in [-0.3, -0.25) is 9.59 Å². The fourth-order valence-corrected chi connectivity index (χ4v) is 4.15. The van der Waals surface area contributed by atoms with Crippen molar-refractivity contribution in [3.8, 4) is 0 Å². The number of carbonyl (C=O) groups excluding carboxylic acids is 2. The molecule has 2 heterocycles. The molecule has 2 amide bonds. The average molecular weight is 366 g/mol. The van der Waals surface area contributed by atoms with Crippen LogP contribution in [-0.4, -0.2) is 39.2 Å². The molecule has 25 heavy (non-hydrogen) atoms. The van der Waals surface area contributed by atoms with E-state index in [1.165, 1.54) is 6.92 Å². The van der Waals surface area contributed by atoms with Crippen LogP contribution in [0.25, 0.3) is 0 Å². The van der Waals surface area contributed by atoms with Crippen molar-refractivity contribution in [1.82, 2.24) is 15.3 Å². The van der Waals surface area contributed by atoms with Crippen LogP contribution in [0.15, 0.2) is 12.3 Å². The Hall–Kier alpha value is -1.89. The predicted molar refractivity (Wildman–Crippen MR) is 96.4 cm³/mol. The Balaban J connectivity index is 1.65. The number of alkyl halides is 1. The Kier molecular flexibility index (Phi) is 5.42. The van der Waals surface area contributed by atoms with Crippen molar-refractivity contribution in [2.75, 3.05) is 10.6 Å². The van der Waals surface area contributed by atoms with Gasteiger partial charge < -0.3 is 16.0 Å². The Morgan fingerprint density at radius 1 is 1.40 bits per heavy atom. The minimum Gasteiger partial charge on any atom is -0.353 e. The molecule has 8 heteroatoms. The fraction of sp³-hybridized carbons (Fsp3) is 0.647. The first kappa shape index (κ1) is 17.9. The number of rotatable bonds is 4. The lowest BCUT2D eigenvalue weighted by atomic mass is 9.74. The topological polar surface area (TPSA) is 96.0 Å². The third kappa shape index (κ3) is 4.39. The van der Waals surface area contributed by atoms with Crippen molar-refractivity contribution in [3.05, 3.63) is 12.3 Å². The van der Waals surface area contributed by atoms with Gasteiger partial charge in [-0.15, -0.1) is 11.6 Å². The number of piperidine rings is 1. The van der Waals surface area contributed by atoms with Crippen molar-refractivity contribution in [3.63, 3.8) is 0 Å². The fourth-order valence-electron chi connectivity index (χ4n) is 3.79. The first-order valence-corrected chi connectivity index (χ1v) is 9.17. The number of halogens is 1. The van der Waals surface area contributed by atoms with E-state index in [0.717, 1.165) is 25.7 Å². The maximum Gasteiger partial charge on any atom is 0.225 e. The van der Waals surface area contributed by atoms with E-state index in [1.807, 2.05) is 6.92 Å². The summed E-state index contributed by atoms with van der Waals surface area (Å²) in [5.41, 5.74) is 0. The van der Waals surface area contributed by atoms with E-state index in [-0.39, 0.29) is 35.2 Å². The van der Waals surface area contributed by atoms with Crippen LogP contribution in [0.2, 0.25) is 0 Å². The number of fused-ring (bicyclic) bond motifs is 1. The molecule has 2 aliphatic rings. The van der Waals surface area contributed by atoms with Gasteiger partial charge in [-0.1, -0.05) is 0 Å². The highest BCUT2D eigenvalue weighted by atomic mass is 35.5. The number of amides is 2. The largest absolute Gasteiger partial charge is 0.353 e. The molecule has 3 rings (SSSR count). The molecule has 0 bridgehead atoms. The second-order valence-corrected chi connectivity index (χ2v) is 7.62. The molecule has 0 spiro atoms. The Bertz CT molecular complexity index is 656. The van der Waals surface area contributed by atoms with Gasteiger partial charge in [0.05, 0.1) is 5.92 Å². The molecule has 7 nitrogen and oxygen atoms in total. The third-order valence-corrected chi connectivity index (χ3v) is 5.46. The van der Waals surface area contributed by atoms with Crippen LogP contribution in [0.4, 0.5) is 11.8 Å². The maximum atomic E-state index is 12.5. The summed E-state index contributed by atoms with van der Waals surface area (Å²) in [4.78, 5) is 32.1. The van der Waals surface area contributed by atoms with Gasteiger partial charge in [0.2, 0.25) is 17.8 Å². The summed E-state index contributed by atoms with van der Waals surface area (Å²) >= 11 is 6.31. The molecule has 1 saturated heterocycles. The van der Waals surface area contributed by atoms with Gasteiger partial charge in [0.1, 0.15) is 5.82 Å². The van der Waals surface area contributed by atoms with Crippen LogP contribution in [-0.2, 0) is 9.59 Å². The normalized spacial score (nSPS) is 30.0. The highest BCUT2D eigenvalue weighted by molar-refractivity contribution is 6.20. The molecular weight excluding hydrogens is 342 g/mol. The monoisotopic (exact) mass is 365 g/mol. The van der Waals surface area contributed by atoms with E-state index in [9.17, 15) is 9.59 Å². The van der Waals surface area contributed by atoms with Crippen molar-refractivity contribution < 1.29 is 9.59 Å². The molecule has 0 radical (unpaired) electrons. The van der Waals surface area contributed by atoms with Gasteiger partial charge in [-0.05, 0) is 44.6 Å². The first-order valence-electron chi connectivity index (χ1n) is 8.74. The molecule has 2 fully saturated rings. The molecule has 1 aromatic heterocycles. The highest BCUT2D eigenvalue weighted by Gasteiger charge is 2.41. The second-order valence-electron chi connectivity index (χ2n) is 7.01. The van der Waals surface area contributed by atoms with Crippen molar-refractivity contribution in [1.29, 1.82) is 0 Å². The van der Waals surface area contributed by atoms with Crippen molar-refractivity contribution >= 4 is 35.2 Å². The Labute approximate surface area is 152 Å². The van der Waals surface area contributed by atoms with Crippen LogP contribution in [0.5, 0.6) is 0 Å². The molecule has 1 aromatic rings. The molecule has 0 aromatic carbocycles. The van der Waals surface area contributed by atoms with E-state index in [1.54, 1.807) is 12.3 Å². The molecular formula is C17H24ClN5O2. The molecule has 1 aliphatic carbocycles. The molecule has 4 unspecified atom stereocenters. The van der Waals surface area contributed by atoms with Crippen molar-refractivity contribution in [2.24, 2.45) is 11.8 Å². The number of aromatic nitrogens is 2. The van der Waals surface area contributed by atoms with E-state index in [0.29, 0.717) is 17.7 Å². The van der Waals surface area contributed by atoms with Crippen LogP contribution in [0.3, 0.4) is 0 Å². The Morgan fingerprint density at radius 3 is 2.96 bits per heavy atom. The van der Waals surface area contributed by atoms with Crippen LogP contribution < -0.4 is 16.0 Å². The zero-order chi connectivity index (χ0) is 18.0. The van der Waals surface area contributed by atoms with Gasteiger partial charge in [-0.2, -0.15) is 4.98 Å². The minimum absolute atomic E-state index is 0.0762. The van der Waals surface area contributed by atoms with Gasteiger partial charge >= 0.3 is 0 Å². The summed E-state index contributed by atoms with van der Waals surface area (Å²) in [7, 11) is 0. The predicted octanol–water partition coefficient (Wildman–Crippen LogP) is 2.15. The maximum absolute atomic E-state index is 12.5. The summed E-state index contributed by atoms with van der Waals surface area (Å²) in [6.45, 7) is 3.38. The lowest BCUT2D eigenvalue weighted by Crippen LogP contribution is -2.55. The lowest BCUT2D eigenvalue weighted by molar-refractivity contribution is -0.130. The molecule has 136 valence electrons. The van der Waals surface area contributed by atoms with Crippen LogP contribution in [0.1, 0.15) is 39.5 Å². The number of hydrogen-bond donors (Lipinski definition) is 3. The summed E-state index contributed by atoms with van der Waals surface area (Å²) in [5.74, 6) is 0.983. The molecule has 3 N–H and O–H groups in total. The zero-order valence-corrected chi connectivity index (χ0v) is 15.2. The summed E-state index contributed by atoms with van der Waals surface area (Å²) in [5, 5.41) is 9.18. The van der Waals surface area contributed by atoms with Crippen molar-refractivity contribution in [2.45, 2.75) is 57.0 Å². The summed E-state index contributed by atoms with van der Waals surface area (Å²) in [6.07, 6.45) is 5.26. The SMILES string of the molecule is CC(=O)Nc1ccnc(N[C@@H](C)C2CC3CC(Cl)CCC3NC2=O)n1. The van der Waals surface area contributed by atoms with Gasteiger partial charge in [0, 0.05) is 30.6 Å². The molecule has 1 saturated carbocycles. The molecule has 5 atom stereocenters. The van der Waals surface area contributed by atoms with E-state index >= 15 is 0 Å². The number of anilines is 2. The lowest BCUT2D eigenvalue weighted by Gasteiger charge is -2.42. The number of nitrogens with zero attached hydrogens (tertiary/aromatic N) is 2. The Morgan fingerprint density at radius 2 is 2.20 bits per heavy atom. The highest BCUT2D eigenvalue weighted by Crippen LogP contribution is 2.36. The smallest absolute Gasteiger partial charge is 0.225 e. The van der Waals surface area contributed by atoms with E-state index < -0.39 is 0 Å². The first-order chi connectivity index (χ1) is 11.9. The van der Waals surface area contributed by atoms with Gasteiger partial charge in [0.15, 0.2) is 0 Å². The standard InChI is InChI=1S/C17H24ClN5O2/c1-9(20-17-19-6-5-15(23-17)21-10(2)24)13-8-11-7-12(18)3-4-14(11)22-16(13)25/h5-6,9,11-14H,3-4,7-8H2,1-2H3,(H,22,25)(H2,19,20,21,23,24)/t9-,11?,12?,13?,14?/m0/s1. The summed E-state index contributed by atoms with van der Waals surface area (Å²) in [6, 6.07) is 1.76. The van der Waals surface area contributed by atoms with E-state index in [2.05, 4.69) is 25.9 Å². The quantitative estimate of drug-likeness (QED) is 0.710. The number of hydrogen-bond acceptors (Lipinski definition) is 5. The van der Waals surface area contributed by atoms with E-state index in [4.69, 9.17) is 11.6 Å². The average Bonchev–Trinajstić information content (AvgIpc) is 2.54. The summed E-state index contributed by atoms with van der Waals surface area (Å²) < 4.78 is 0. The minimum atomic E-state index is -0.191. The zero-order valence-electron chi connectivity index (χ0n) is 14.5. The van der Waals surface area contributed by atoms with Gasteiger partial charge in [-0.25, -0.2) is 4.98 Å².